The monoisotopic (exact) mass is 443 g/mol. The molecule has 1 aromatic rings. The van der Waals surface area contributed by atoms with Crippen molar-refractivity contribution in [2.24, 2.45) is 5.92 Å². The Morgan fingerprint density at radius 3 is 2.65 bits per heavy atom. The number of amides is 1. The summed E-state index contributed by atoms with van der Waals surface area (Å²) < 4.78 is 27.4. The van der Waals surface area contributed by atoms with E-state index in [-0.39, 0.29) is 35.2 Å². The standard InChI is InChI=1S/C13H12BrCl2NO5S/c1-22-13(19)8-3-9(14)12(10(15)4-8)17-5-7(2-11(17)18)6-23(16,20)21/h3-4,7H,2,5-6H2,1H3. The van der Waals surface area contributed by atoms with Gasteiger partial charge in [0, 0.05) is 34.0 Å². The summed E-state index contributed by atoms with van der Waals surface area (Å²) in [6.45, 7) is 0.181. The number of hydrogen-bond acceptors (Lipinski definition) is 5. The number of anilines is 1. The minimum atomic E-state index is -3.69. The molecule has 0 bridgehead atoms. The Morgan fingerprint density at radius 2 is 2.13 bits per heavy atom. The molecular formula is C13H12BrCl2NO5S. The fourth-order valence-electron chi connectivity index (χ4n) is 2.45. The van der Waals surface area contributed by atoms with Crippen LogP contribution in [-0.4, -0.2) is 39.7 Å². The Bertz CT molecular complexity index is 745. The topological polar surface area (TPSA) is 80.8 Å². The maximum atomic E-state index is 12.2. The number of hydrogen-bond donors (Lipinski definition) is 0. The van der Waals surface area contributed by atoms with Gasteiger partial charge in [-0.1, -0.05) is 11.6 Å². The van der Waals surface area contributed by atoms with Crippen molar-refractivity contribution in [2.75, 3.05) is 24.3 Å². The maximum absolute atomic E-state index is 12.2. The highest BCUT2D eigenvalue weighted by molar-refractivity contribution is 9.10. The van der Waals surface area contributed by atoms with E-state index in [1.54, 1.807) is 0 Å². The van der Waals surface area contributed by atoms with E-state index in [9.17, 15) is 18.0 Å². The van der Waals surface area contributed by atoms with Gasteiger partial charge in [0.05, 0.1) is 29.1 Å². The number of esters is 1. The molecule has 126 valence electrons. The summed E-state index contributed by atoms with van der Waals surface area (Å²) in [5, 5.41) is 0.183. The lowest BCUT2D eigenvalue weighted by Gasteiger charge is -2.20. The Labute approximate surface area is 151 Å². The highest BCUT2D eigenvalue weighted by Crippen LogP contribution is 2.39. The van der Waals surface area contributed by atoms with Crippen LogP contribution in [0.3, 0.4) is 0 Å². The van der Waals surface area contributed by atoms with E-state index >= 15 is 0 Å². The van der Waals surface area contributed by atoms with Crippen LogP contribution in [0, 0.1) is 5.92 Å². The van der Waals surface area contributed by atoms with Gasteiger partial charge in [-0.25, -0.2) is 13.2 Å². The average molecular weight is 445 g/mol. The fourth-order valence-corrected chi connectivity index (χ4v) is 4.88. The minimum absolute atomic E-state index is 0.0630. The molecule has 0 aromatic heterocycles. The van der Waals surface area contributed by atoms with Gasteiger partial charge in [-0.05, 0) is 28.1 Å². The molecule has 23 heavy (non-hydrogen) atoms. The highest BCUT2D eigenvalue weighted by Gasteiger charge is 2.35. The average Bonchev–Trinajstić information content (AvgIpc) is 2.75. The van der Waals surface area contributed by atoms with Crippen molar-refractivity contribution in [1.29, 1.82) is 0 Å². The number of benzene rings is 1. The molecule has 1 fully saturated rings. The zero-order valence-corrected chi connectivity index (χ0v) is 15.8. The van der Waals surface area contributed by atoms with Crippen LogP contribution in [0.25, 0.3) is 0 Å². The van der Waals surface area contributed by atoms with Gasteiger partial charge >= 0.3 is 5.97 Å². The second kappa shape index (κ2) is 6.96. The third-order valence-electron chi connectivity index (χ3n) is 3.35. The van der Waals surface area contributed by atoms with Gasteiger partial charge in [0.25, 0.3) is 0 Å². The first-order chi connectivity index (χ1) is 10.6. The molecule has 6 nitrogen and oxygen atoms in total. The van der Waals surface area contributed by atoms with Crippen molar-refractivity contribution in [3.8, 4) is 0 Å². The van der Waals surface area contributed by atoms with Gasteiger partial charge in [0.15, 0.2) is 0 Å². The lowest BCUT2D eigenvalue weighted by molar-refractivity contribution is -0.117. The summed E-state index contributed by atoms with van der Waals surface area (Å²) in [6, 6.07) is 2.89. The number of carbonyl (C=O) groups is 2. The van der Waals surface area contributed by atoms with E-state index in [4.69, 9.17) is 22.3 Å². The van der Waals surface area contributed by atoms with Crippen LogP contribution in [0.5, 0.6) is 0 Å². The Morgan fingerprint density at radius 1 is 1.48 bits per heavy atom. The van der Waals surface area contributed by atoms with Crippen LogP contribution >= 0.6 is 38.2 Å². The molecule has 1 heterocycles. The Kier molecular flexibility index (Phi) is 5.60. The number of rotatable bonds is 4. The summed E-state index contributed by atoms with van der Waals surface area (Å²) in [6.07, 6.45) is 0.0630. The van der Waals surface area contributed by atoms with Crippen molar-refractivity contribution in [1.82, 2.24) is 0 Å². The predicted octanol–water partition coefficient (Wildman–Crippen LogP) is 2.81. The van der Waals surface area contributed by atoms with E-state index in [1.165, 1.54) is 24.1 Å². The van der Waals surface area contributed by atoms with Crippen molar-refractivity contribution >= 4 is 64.8 Å². The molecule has 1 aliphatic rings. The minimum Gasteiger partial charge on any atom is -0.465 e. The van der Waals surface area contributed by atoms with E-state index in [1.807, 2.05) is 0 Å². The van der Waals surface area contributed by atoms with E-state index in [0.29, 0.717) is 10.2 Å². The molecule has 0 saturated carbocycles. The molecule has 0 spiro atoms. The third kappa shape index (κ3) is 4.37. The van der Waals surface area contributed by atoms with Crippen LogP contribution in [0.1, 0.15) is 16.8 Å². The van der Waals surface area contributed by atoms with Gasteiger partial charge in [-0.3, -0.25) is 4.79 Å². The number of methoxy groups -OCH3 is 1. The summed E-state index contributed by atoms with van der Waals surface area (Å²) in [5.41, 5.74) is 0.624. The third-order valence-corrected chi connectivity index (χ3v) is 5.49. The Hall–Kier alpha value is -0.830. The van der Waals surface area contributed by atoms with Crippen molar-refractivity contribution in [2.45, 2.75) is 6.42 Å². The van der Waals surface area contributed by atoms with E-state index in [0.717, 1.165) is 0 Å². The van der Waals surface area contributed by atoms with Gasteiger partial charge in [0.1, 0.15) is 0 Å². The van der Waals surface area contributed by atoms with Crippen LogP contribution in [0.2, 0.25) is 5.02 Å². The number of halogens is 3. The highest BCUT2D eigenvalue weighted by atomic mass is 79.9. The lowest BCUT2D eigenvalue weighted by Crippen LogP contribution is -2.26. The second-order valence-corrected chi connectivity index (χ2v) is 9.14. The molecule has 10 heteroatoms. The Balaban J connectivity index is 2.32. The fraction of sp³-hybridized carbons (Fsp3) is 0.385. The van der Waals surface area contributed by atoms with Crippen molar-refractivity contribution in [3.63, 3.8) is 0 Å². The quantitative estimate of drug-likeness (QED) is 0.526. The molecule has 1 aromatic carbocycles. The first-order valence-electron chi connectivity index (χ1n) is 6.42. The molecule has 1 saturated heterocycles. The first-order valence-corrected chi connectivity index (χ1v) is 10.1. The molecular weight excluding hydrogens is 433 g/mol. The summed E-state index contributed by atoms with van der Waals surface area (Å²) in [7, 11) is 2.80. The maximum Gasteiger partial charge on any atom is 0.337 e. The van der Waals surface area contributed by atoms with Crippen LogP contribution in [-0.2, 0) is 18.6 Å². The van der Waals surface area contributed by atoms with E-state index in [2.05, 4.69) is 20.7 Å². The lowest BCUT2D eigenvalue weighted by atomic mass is 10.1. The predicted molar refractivity (Wildman–Crippen MR) is 90.6 cm³/mol. The van der Waals surface area contributed by atoms with Crippen LogP contribution < -0.4 is 4.90 Å². The molecule has 0 aliphatic carbocycles. The molecule has 1 unspecified atom stereocenters. The largest absolute Gasteiger partial charge is 0.465 e. The number of ether oxygens (including phenoxy) is 1. The molecule has 0 radical (unpaired) electrons. The zero-order valence-electron chi connectivity index (χ0n) is 11.9. The van der Waals surface area contributed by atoms with Gasteiger partial charge in [0.2, 0.25) is 15.0 Å². The molecule has 0 N–H and O–H groups in total. The van der Waals surface area contributed by atoms with E-state index < -0.39 is 20.9 Å². The van der Waals surface area contributed by atoms with Gasteiger partial charge in [-0.2, -0.15) is 0 Å². The number of nitrogens with zero attached hydrogens (tertiary/aromatic N) is 1. The molecule has 1 amide bonds. The molecule has 1 aliphatic heterocycles. The van der Waals surface area contributed by atoms with Crippen LogP contribution in [0.4, 0.5) is 5.69 Å². The smallest absolute Gasteiger partial charge is 0.337 e. The summed E-state index contributed by atoms with van der Waals surface area (Å²) >= 11 is 9.47. The normalized spacial score (nSPS) is 18.3. The van der Waals surface area contributed by atoms with Gasteiger partial charge in [-0.15, -0.1) is 0 Å². The zero-order chi connectivity index (χ0) is 17.4. The number of carbonyl (C=O) groups excluding carboxylic acids is 2. The first kappa shape index (κ1) is 18.5. The van der Waals surface area contributed by atoms with Crippen LogP contribution in [0.15, 0.2) is 16.6 Å². The molecule has 2 rings (SSSR count). The SMILES string of the molecule is COC(=O)c1cc(Cl)c(N2CC(CS(=O)(=O)Cl)CC2=O)c(Br)c1. The second-order valence-electron chi connectivity index (χ2n) is 5.06. The van der Waals surface area contributed by atoms with Crippen molar-refractivity contribution in [3.05, 3.63) is 27.2 Å². The summed E-state index contributed by atoms with van der Waals surface area (Å²) in [5.74, 6) is -1.51. The summed E-state index contributed by atoms with van der Waals surface area (Å²) in [4.78, 5) is 25.1. The molecule has 1 atom stereocenters. The van der Waals surface area contributed by atoms with Crippen molar-refractivity contribution < 1.29 is 22.7 Å². The van der Waals surface area contributed by atoms with Gasteiger partial charge < -0.3 is 9.64 Å².